The standard InChI is InChI=1S/C17H24N4/c1-13-11-14(2)21(20-13)10-4-8-18-12-16-6-3-5-15-7-9-19-17(15)16/h3,5-6,11,18-19H,4,7-10,12H2,1-2H3. The van der Waals surface area contributed by atoms with E-state index in [1.807, 2.05) is 6.92 Å². The van der Waals surface area contributed by atoms with Gasteiger partial charge in [0.05, 0.1) is 5.69 Å². The van der Waals surface area contributed by atoms with E-state index in [-0.39, 0.29) is 0 Å². The van der Waals surface area contributed by atoms with Crippen LogP contribution in [0, 0.1) is 13.8 Å². The fraction of sp³-hybridized carbons (Fsp3) is 0.471. The molecule has 0 bridgehead atoms. The molecule has 0 spiro atoms. The second-order valence-electron chi connectivity index (χ2n) is 5.81. The van der Waals surface area contributed by atoms with Crippen molar-refractivity contribution in [3.05, 3.63) is 46.8 Å². The molecular weight excluding hydrogens is 260 g/mol. The van der Waals surface area contributed by atoms with E-state index in [0.717, 1.165) is 44.7 Å². The molecule has 112 valence electrons. The first-order chi connectivity index (χ1) is 10.2. The van der Waals surface area contributed by atoms with Gasteiger partial charge >= 0.3 is 0 Å². The topological polar surface area (TPSA) is 41.9 Å². The van der Waals surface area contributed by atoms with Crippen LogP contribution in [0.5, 0.6) is 0 Å². The van der Waals surface area contributed by atoms with Gasteiger partial charge in [-0.2, -0.15) is 5.10 Å². The molecule has 4 heteroatoms. The molecular formula is C17H24N4. The van der Waals surface area contributed by atoms with Gasteiger partial charge in [-0.05, 0) is 50.4 Å². The third-order valence-electron chi connectivity index (χ3n) is 4.08. The first-order valence-electron chi connectivity index (χ1n) is 7.80. The summed E-state index contributed by atoms with van der Waals surface area (Å²) in [7, 11) is 0. The number of aryl methyl sites for hydroxylation is 3. The van der Waals surface area contributed by atoms with Gasteiger partial charge in [0.1, 0.15) is 0 Å². The summed E-state index contributed by atoms with van der Waals surface area (Å²) >= 11 is 0. The minimum Gasteiger partial charge on any atom is -0.384 e. The van der Waals surface area contributed by atoms with Crippen LogP contribution in [0.2, 0.25) is 0 Å². The van der Waals surface area contributed by atoms with Crippen molar-refractivity contribution >= 4 is 5.69 Å². The van der Waals surface area contributed by atoms with Crippen LogP contribution in [0.4, 0.5) is 5.69 Å². The van der Waals surface area contributed by atoms with Crippen molar-refractivity contribution in [2.24, 2.45) is 0 Å². The van der Waals surface area contributed by atoms with Crippen molar-refractivity contribution in [3.8, 4) is 0 Å². The van der Waals surface area contributed by atoms with Crippen molar-refractivity contribution in [1.82, 2.24) is 15.1 Å². The third kappa shape index (κ3) is 3.27. The molecule has 0 amide bonds. The Morgan fingerprint density at radius 1 is 1.33 bits per heavy atom. The van der Waals surface area contributed by atoms with Crippen LogP contribution in [0.25, 0.3) is 0 Å². The summed E-state index contributed by atoms with van der Waals surface area (Å²) in [5.74, 6) is 0. The molecule has 2 aromatic rings. The van der Waals surface area contributed by atoms with Crippen LogP contribution in [-0.2, 0) is 19.5 Å². The summed E-state index contributed by atoms with van der Waals surface area (Å²) in [6, 6.07) is 8.73. The van der Waals surface area contributed by atoms with Crippen molar-refractivity contribution < 1.29 is 0 Å². The number of aromatic nitrogens is 2. The maximum atomic E-state index is 4.49. The molecule has 0 unspecified atom stereocenters. The van der Waals surface area contributed by atoms with Gasteiger partial charge in [-0.25, -0.2) is 0 Å². The molecule has 1 aromatic heterocycles. The maximum Gasteiger partial charge on any atom is 0.0596 e. The Hall–Kier alpha value is -1.81. The molecule has 1 aromatic carbocycles. The Kier molecular flexibility index (Phi) is 4.25. The lowest BCUT2D eigenvalue weighted by Gasteiger charge is -2.10. The zero-order valence-corrected chi connectivity index (χ0v) is 12.9. The Morgan fingerprint density at radius 2 is 2.24 bits per heavy atom. The van der Waals surface area contributed by atoms with Crippen LogP contribution < -0.4 is 10.6 Å². The number of anilines is 1. The highest BCUT2D eigenvalue weighted by atomic mass is 15.3. The third-order valence-corrected chi connectivity index (χ3v) is 4.08. The fourth-order valence-corrected chi connectivity index (χ4v) is 3.04. The number of fused-ring (bicyclic) bond motifs is 1. The SMILES string of the molecule is Cc1cc(C)n(CCCNCc2cccc3c2NCC3)n1. The highest BCUT2D eigenvalue weighted by Crippen LogP contribution is 2.26. The minimum atomic E-state index is 0.938. The van der Waals surface area contributed by atoms with Gasteiger partial charge in [0.2, 0.25) is 0 Å². The van der Waals surface area contributed by atoms with Gasteiger partial charge in [0.25, 0.3) is 0 Å². The molecule has 1 aliphatic rings. The first kappa shape index (κ1) is 14.1. The molecule has 21 heavy (non-hydrogen) atoms. The Labute approximate surface area is 126 Å². The van der Waals surface area contributed by atoms with Gasteiger partial charge < -0.3 is 10.6 Å². The van der Waals surface area contributed by atoms with E-state index in [0.29, 0.717) is 0 Å². The molecule has 4 nitrogen and oxygen atoms in total. The molecule has 0 saturated carbocycles. The lowest BCUT2D eigenvalue weighted by Crippen LogP contribution is -2.17. The van der Waals surface area contributed by atoms with E-state index >= 15 is 0 Å². The predicted molar refractivity (Wildman–Crippen MR) is 86.7 cm³/mol. The molecule has 2 N–H and O–H groups in total. The lowest BCUT2D eigenvalue weighted by atomic mass is 10.1. The highest BCUT2D eigenvalue weighted by Gasteiger charge is 2.12. The predicted octanol–water partition coefficient (Wildman–Crippen LogP) is 2.65. The number of nitrogens with zero attached hydrogens (tertiary/aromatic N) is 2. The molecule has 0 saturated heterocycles. The van der Waals surface area contributed by atoms with Crippen LogP contribution in [0.3, 0.4) is 0 Å². The number of benzene rings is 1. The number of nitrogens with one attached hydrogen (secondary N) is 2. The van der Waals surface area contributed by atoms with E-state index in [1.165, 1.54) is 22.5 Å². The minimum absolute atomic E-state index is 0.938. The summed E-state index contributed by atoms with van der Waals surface area (Å²) in [5.41, 5.74) is 6.54. The van der Waals surface area contributed by atoms with Gasteiger partial charge in [0, 0.05) is 31.0 Å². The summed E-state index contributed by atoms with van der Waals surface area (Å²) < 4.78 is 2.10. The van der Waals surface area contributed by atoms with Crippen molar-refractivity contribution in [2.45, 2.75) is 39.8 Å². The van der Waals surface area contributed by atoms with Gasteiger partial charge in [-0.3, -0.25) is 4.68 Å². The maximum absolute atomic E-state index is 4.49. The van der Waals surface area contributed by atoms with Crippen molar-refractivity contribution in [3.63, 3.8) is 0 Å². The lowest BCUT2D eigenvalue weighted by molar-refractivity contribution is 0.532. The molecule has 0 radical (unpaired) electrons. The largest absolute Gasteiger partial charge is 0.384 e. The van der Waals surface area contributed by atoms with Crippen molar-refractivity contribution in [2.75, 3.05) is 18.4 Å². The normalized spacial score (nSPS) is 13.2. The highest BCUT2D eigenvalue weighted by molar-refractivity contribution is 5.61. The van der Waals surface area contributed by atoms with E-state index in [9.17, 15) is 0 Å². The molecule has 0 fully saturated rings. The zero-order valence-electron chi connectivity index (χ0n) is 12.9. The summed E-state index contributed by atoms with van der Waals surface area (Å²) in [4.78, 5) is 0. The van der Waals surface area contributed by atoms with E-state index in [2.05, 4.69) is 51.6 Å². The Balaban J connectivity index is 1.45. The average molecular weight is 284 g/mol. The van der Waals surface area contributed by atoms with E-state index < -0.39 is 0 Å². The fourth-order valence-electron chi connectivity index (χ4n) is 3.04. The van der Waals surface area contributed by atoms with Crippen molar-refractivity contribution in [1.29, 1.82) is 0 Å². The smallest absolute Gasteiger partial charge is 0.0596 e. The van der Waals surface area contributed by atoms with Crippen LogP contribution in [0.15, 0.2) is 24.3 Å². The van der Waals surface area contributed by atoms with E-state index in [4.69, 9.17) is 0 Å². The second-order valence-corrected chi connectivity index (χ2v) is 5.81. The van der Waals surface area contributed by atoms with Crippen LogP contribution >= 0.6 is 0 Å². The van der Waals surface area contributed by atoms with E-state index in [1.54, 1.807) is 0 Å². The van der Waals surface area contributed by atoms with Gasteiger partial charge in [0.15, 0.2) is 0 Å². The number of hydrogen-bond acceptors (Lipinski definition) is 3. The molecule has 3 rings (SSSR count). The summed E-state index contributed by atoms with van der Waals surface area (Å²) in [6.07, 6.45) is 2.26. The molecule has 0 atom stereocenters. The summed E-state index contributed by atoms with van der Waals surface area (Å²) in [6.45, 7) is 8.18. The average Bonchev–Trinajstić information content (AvgIpc) is 3.05. The number of para-hydroxylation sites is 1. The van der Waals surface area contributed by atoms with Gasteiger partial charge in [-0.1, -0.05) is 18.2 Å². The van der Waals surface area contributed by atoms with Gasteiger partial charge in [-0.15, -0.1) is 0 Å². The quantitative estimate of drug-likeness (QED) is 0.801. The molecule has 1 aliphatic heterocycles. The number of rotatable bonds is 6. The Bertz CT molecular complexity index is 615. The first-order valence-corrected chi connectivity index (χ1v) is 7.80. The van der Waals surface area contributed by atoms with Crippen LogP contribution in [-0.4, -0.2) is 22.9 Å². The Morgan fingerprint density at radius 3 is 3.05 bits per heavy atom. The summed E-state index contributed by atoms with van der Waals surface area (Å²) in [5, 5.41) is 11.5. The second kappa shape index (κ2) is 6.31. The monoisotopic (exact) mass is 284 g/mol. The number of hydrogen-bond donors (Lipinski definition) is 2. The van der Waals surface area contributed by atoms with Crippen LogP contribution in [0.1, 0.15) is 28.9 Å². The molecule has 0 aliphatic carbocycles. The molecule has 2 heterocycles. The zero-order chi connectivity index (χ0) is 14.7.